The first kappa shape index (κ1) is 9.04. The van der Waals surface area contributed by atoms with Crippen molar-refractivity contribution in [2.45, 2.75) is 12.2 Å². The molecule has 3 rings (SSSR count). The van der Waals surface area contributed by atoms with Crippen LogP contribution in [-0.4, -0.2) is 10.7 Å². The maximum atomic E-state index is 6.19. The van der Waals surface area contributed by atoms with Crippen LogP contribution >= 0.6 is 11.8 Å². The Hall–Kier alpha value is -1.22. The van der Waals surface area contributed by atoms with Crippen molar-refractivity contribution in [1.82, 2.24) is 4.98 Å². The molecule has 1 aromatic heterocycles. The van der Waals surface area contributed by atoms with Gasteiger partial charge in [0.2, 0.25) is 0 Å². The molecule has 0 saturated heterocycles. The van der Waals surface area contributed by atoms with Crippen LogP contribution < -0.4 is 5.73 Å². The molecule has 0 amide bonds. The summed E-state index contributed by atoms with van der Waals surface area (Å²) in [5.74, 6) is 2.17. The van der Waals surface area contributed by atoms with E-state index >= 15 is 0 Å². The highest BCUT2D eigenvalue weighted by Gasteiger charge is 2.15. The molecule has 0 unspecified atom stereocenters. The number of nitrogens with two attached hydrogens (primary N) is 1. The third kappa shape index (κ3) is 1.38. The monoisotopic (exact) mass is 216 g/mol. The minimum Gasteiger partial charge on any atom is -0.398 e. The summed E-state index contributed by atoms with van der Waals surface area (Å²) in [5, 5.41) is 1.10. The number of hydrogen-bond acceptors (Lipinski definition) is 3. The average Bonchev–Trinajstić information content (AvgIpc) is 2.30. The Morgan fingerprint density at radius 1 is 1.27 bits per heavy atom. The summed E-state index contributed by atoms with van der Waals surface area (Å²) in [6, 6.07) is 8.12. The topological polar surface area (TPSA) is 38.9 Å². The minimum atomic E-state index is 0.941. The lowest BCUT2D eigenvalue weighted by Crippen LogP contribution is -2.09. The zero-order valence-electron chi connectivity index (χ0n) is 8.36. The Morgan fingerprint density at radius 2 is 2.13 bits per heavy atom. The van der Waals surface area contributed by atoms with Gasteiger partial charge in [0.05, 0.1) is 11.2 Å². The largest absolute Gasteiger partial charge is 0.398 e. The summed E-state index contributed by atoms with van der Waals surface area (Å²) in [4.78, 5) is 4.68. The second-order valence-electron chi connectivity index (χ2n) is 3.77. The first-order valence-corrected chi connectivity index (χ1v) is 6.25. The SMILES string of the molecule is Nc1c2c(nc3ccccc13)CSCC2. The lowest BCUT2D eigenvalue weighted by atomic mass is 10.0. The molecule has 3 heteroatoms. The van der Waals surface area contributed by atoms with E-state index in [9.17, 15) is 0 Å². The van der Waals surface area contributed by atoms with Gasteiger partial charge in [-0.1, -0.05) is 18.2 Å². The fraction of sp³-hybridized carbons (Fsp3) is 0.250. The lowest BCUT2D eigenvalue weighted by Gasteiger charge is -2.18. The first-order valence-electron chi connectivity index (χ1n) is 5.10. The number of rotatable bonds is 0. The normalized spacial score (nSPS) is 15.2. The van der Waals surface area contributed by atoms with Crippen LogP contribution in [0.15, 0.2) is 24.3 Å². The average molecular weight is 216 g/mol. The van der Waals surface area contributed by atoms with Crippen LogP contribution in [0.4, 0.5) is 5.69 Å². The standard InChI is InChI=1S/C12H12N2S/c13-12-8-3-1-2-4-10(8)14-11-7-15-6-5-9(11)12/h1-4H,5-7H2,(H2,13,14). The van der Waals surface area contributed by atoms with E-state index in [0.717, 1.165) is 34.5 Å². The molecular weight excluding hydrogens is 204 g/mol. The van der Waals surface area contributed by atoms with Crippen LogP contribution in [0, 0.1) is 0 Å². The molecule has 0 spiro atoms. The summed E-state index contributed by atoms with van der Waals surface area (Å²) in [7, 11) is 0. The number of pyridine rings is 1. The van der Waals surface area contributed by atoms with E-state index in [0.29, 0.717) is 0 Å². The molecule has 1 aliphatic rings. The van der Waals surface area contributed by atoms with Crippen LogP contribution in [-0.2, 0) is 12.2 Å². The number of nitrogens with zero attached hydrogens (tertiary/aromatic N) is 1. The third-order valence-electron chi connectivity index (χ3n) is 2.86. The fourth-order valence-corrected chi connectivity index (χ4v) is 3.00. The van der Waals surface area contributed by atoms with Crippen molar-refractivity contribution in [3.63, 3.8) is 0 Å². The van der Waals surface area contributed by atoms with E-state index in [4.69, 9.17) is 5.73 Å². The van der Waals surface area contributed by atoms with Crippen molar-refractivity contribution in [3.8, 4) is 0 Å². The summed E-state index contributed by atoms with van der Waals surface area (Å²) < 4.78 is 0. The third-order valence-corrected chi connectivity index (χ3v) is 3.83. The highest BCUT2D eigenvalue weighted by molar-refractivity contribution is 7.98. The second kappa shape index (κ2) is 3.42. The summed E-state index contributed by atoms with van der Waals surface area (Å²) >= 11 is 1.94. The number of para-hydroxylation sites is 1. The Labute approximate surface area is 92.9 Å². The maximum Gasteiger partial charge on any atom is 0.0726 e. The Balaban J connectivity index is 2.36. The molecule has 2 nitrogen and oxygen atoms in total. The highest BCUT2D eigenvalue weighted by Crippen LogP contribution is 2.32. The molecular formula is C12H12N2S. The maximum absolute atomic E-state index is 6.19. The summed E-state index contributed by atoms with van der Waals surface area (Å²) in [6.45, 7) is 0. The van der Waals surface area contributed by atoms with Crippen LogP contribution in [0.2, 0.25) is 0 Å². The number of aromatic nitrogens is 1. The number of anilines is 1. The van der Waals surface area contributed by atoms with Crippen LogP contribution in [0.3, 0.4) is 0 Å². The molecule has 2 heterocycles. The van der Waals surface area contributed by atoms with E-state index in [2.05, 4.69) is 11.1 Å². The smallest absolute Gasteiger partial charge is 0.0726 e. The van der Waals surface area contributed by atoms with E-state index in [1.807, 2.05) is 30.0 Å². The number of nitrogen functional groups attached to an aromatic ring is 1. The van der Waals surface area contributed by atoms with Gasteiger partial charge in [-0.2, -0.15) is 11.8 Å². The van der Waals surface area contributed by atoms with Gasteiger partial charge in [-0.25, -0.2) is 0 Å². The van der Waals surface area contributed by atoms with Crippen LogP contribution in [0.1, 0.15) is 11.3 Å². The molecule has 0 saturated carbocycles. The quantitative estimate of drug-likeness (QED) is 0.735. The highest BCUT2D eigenvalue weighted by atomic mass is 32.2. The van der Waals surface area contributed by atoms with Crippen molar-refractivity contribution in [1.29, 1.82) is 0 Å². The zero-order chi connectivity index (χ0) is 10.3. The molecule has 0 aliphatic carbocycles. The number of thioether (sulfide) groups is 1. The number of hydrogen-bond donors (Lipinski definition) is 1. The Kier molecular flexibility index (Phi) is 2.06. The van der Waals surface area contributed by atoms with E-state index in [1.165, 1.54) is 11.3 Å². The molecule has 0 radical (unpaired) electrons. The summed E-state index contributed by atoms with van der Waals surface area (Å²) in [5.41, 5.74) is 10.6. The predicted molar refractivity (Wildman–Crippen MR) is 66.0 cm³/mol. The van der Waals surface area contributed by atoms with Crippen molar-refractivity contribution >= 4 is 28.4 Å². The van der Waals surface area contributed by atoms with Crippen LogP contribution in [0.25, 0.3) is 10.9 Å². The van der Waals surface area contributed by atoms with E-state index < -0.39 is 0 Å². The van der Waals surface area contributed by atoms with Gasteiger partial charge in [0.25, 0.3) is 0 Å². The molecule has 0 atom stereocenters. The molecule has 0 fully saturated rings. The minimum absolute atomic E-state index is 0.941. The van der Waals surface area contributed by atoms with E-state index in [1.54, 1.807) is 0 Å². The van der Waals surface area contributed by atoms with Gasteiger partial charge in [-0.15, -0.1) is 0 Å². The van der Waals surface area contributed by atoms with Gasteiger partial charge in [0, 0.05) is 16.8 Å². The van der Waals surface area contributed by atoms with Gasteiger partial charge in [-0.3, -0.25) is 4.98 Å². The van der Waals surface area contributed by atoms with Gasteiger partial charge < -0.3 is 5.73 Å². The number of fused-ring (bicyclic) bond motifs is 2. The second-order valence-corrected chi connectivity index (χ2v) is 4.88. The molecule has 2 N–H and O–H groups in total. The Bertz CT molecular complexity index is 522. The van der Waals surface area contributed by atoms with Gasteiger partial charge in [0.15, 0.2) is 0 Å². The van der Waals surface area contributed by atoms with Gasteiger partial charge in [0.1, 0.15) is 0 Å². The summed E-state index contributed by atoms with van der Waals surface area (Å²) in [6.07, 6.45) is 1.06. The lowest BCUT2D eigenvalue weighted by molar-refractivity contribution is 1.04. The molecule has 2 aromatic rings. The molecule has 1 aliphatic heterocycles. The number of benzene rings is 1. The molecule has 76 valence electrons. The fourth-order valence-electron chi connectivity index (χ4n) is 2.07. The Morgan fingerprint density at radius 3 is 3.07 bits per heavy atom. The van der Waals surface area contributed by atoms with Crippen LogP contribution in [0.5, 0.6) is 0 Å². The van der Waals surface area contributed by atoms with Crippen molar-refractivity contribution in [3.05, 3.63) is 35.5 Å². The molecule has 15 heavy (non-hydrogen) atoms. The zero-order valence-corrected chi connectivity index (χ0v) is 9.18. The molecule has 1 aromatic carbocycles. The van der Waals surface area contributed by atoms with Crippen molar-refractivity contribution < 1.29 is 0 Å². The predicted octanol–water partition coefficient (Wildman–Crippen LogP) is 2.61. The first-order chi connectivity index (χ1) is 7.36. The van der Waals surface area contributed by atoms with Gasteiger partial charge in [-0.05, 0) is 23.8 Å². The molecule has 0 bridgehead atoms. The van der Waals surface area contributed by atoms with Crippen molar-refractivity contribution in [2.24, 2.45) is 0 Å². The van der Waals surface area contributed by atoms with E-state index in [-0.39, 0.29) is 0 Å². The van der Waals surface area contributed by atoms with Crippen molar-refractivity contribution in [2.75, 3.05) is 11.5 Å². The van der Waals surface area contributed by atoms with Gasteiger partial charge >= 0.3 is 0 Å².